The van der Waals surface area contributed by atoms with E-state index in [-0.39, 0.29) is 11.9 Å². The molecule has 108 valence electrons. The second-order valence-electron chi connectivity index (χ2n) is 4.37. The Hall–Kier alpha value is -1.18. The molecule has 7 heteroatoms. The number of furan rings is 1. The van der Waals surface area contributed by atoms with Gasteiger partial charge in [0.05, 0.1) is 6.07 Å². The standard InChI is InChI=1S/C13H15BrN2O3S/c1-3-6-15-13(11-7-9(14)8(2)20-11)10-4-5-12(19-10)16(17)18/h4-5,7,13,15H,3,6H2,1-2H3. The Labute approximate surface area is 129 Å². The van der Waals surface area contributed by atoms with E-state index in [1.807, 2.05) is 13.0 Å². The molecule has 0 saturated heterocycles. The Morgan fingerprint density at radius 3 is 2.80 bits per heavy atom. The van der Waals surface area contributed by atoms with E-state index in [1.54, 1.807) is 17.4 Å². The van der Waals surface area contributed by atoms with Gasteiger partial charge in [-0.1, -0.05) is 6.92 Å². The van der Waals surface area contributed by atoms with Crippen molar-refractivity contribution in [2.45, 2.75) is 26.3 Å². The van der Waals surface area contributed by atoms with Gasteiger partial charge in [-0.3, -0.25) is 10.1 Å². The smallest absolute Gasteiger partial charge is 0.404 e. The molecule has 2 rings (SSSR count). The van der Waals surface area contributed by atoms with Gasteiger partial charge in [-0.25, -0.2) is 0 Å². The minimum atomic E-state index is -0.518. The summed E-state index contributed by atoms with van der Waals surface area (Å²) >= 11 is 5.14. The maximum absolute atomic E-state index is 10.7. The third-order valence-electron chi connectivity index (χ3n) is 2.84. The molecule has 0 radical (unpaired) electrons. The van der Waals surface area contributed by atoms with Gasteiger partial charge >= 0.3 is 5.88 Å². The number of aryl methyl sites for hydroxylation is 1. The Balaban J connectivity index is 2.33. The van der Waals surface area contributed by atoms with Crippen molar-refractivity contribution in [1.82, 2.24) is 5.32 Å². The number of nitrogens with zero attached hydrogens (tertiary/aromatic N) is 1. The van der Waals surface area contributed by atoms with Crippen LogP contribution in [-0.4, -0.2) is 11.5 Å². The van der Waals surface area contributed by atoms with Gasteiger partial charge in [-0.2, -0.15) is 0 Å². The van der Waals surface area contributed by atoms with Crippen molar-refractivity contribution in [1.29, 1.82) is 0 Å². The first-order valence-electron chi connectivity index (χ1n) is 6.26. The zero-order chi connectivity index (χ0) is 14.7. The van der Waals surface area contributed by atoms with Crippen LogP contribution in [0, 0.1) is 17.0 Å². The van der Waals surface area contributed by atoms with Gasteiger partial charge in [0.1, 0.15) is 16.7 Å². The van der Waals surface area contributed by atoms with Crippen LogP contribution in [-0.2, 0) is 0 Å². The number of nitro groups is 1. The van der Waals surface area contributed by atoms with Gasteiger partial charge in [0.25, 0.3) is 0 Å². The summed E-state index contributed by atoms with van der Waals surface area (Å²) in [5.74, 6) is 0.342. The molecule has 1 unspecified atom stereocenters. The highest BCUT2D eigenvalue weighted by Crippen LogP contribution is 2.35. The molecule has 0 spiro atoms. The largest absolute Gasteiger partial charge is 0.433 e. The maximum atomic E-state index is 10.7. The zero-order valence-corrected chi connectivity index (χ0v) is 13.6. The van der Waals surface area contributed by atoms with E-state index < -0.39 is 4.92 Å². The van der Waals surface area contributed by atoms with E-state index in [2.05, 4.69) is 28.2 Å². The van der Waals surface area contributed by atoms with Crippen LogP contribution >= 0.6 is 27.3 Å². The number of rotatable bonds is 6. The molecule has 0 aliphatic carbocycles. The zero-order valence-electron chi connectivity index (χ0n) is 11.2. The fourth-order valence-corrected chi connectivity index (χ4v) is 3.49. The van der Waals surface area contributed by atoms with Crippen LogP contribution in [0.25, 0.3) is 0 Å². The van der Waals surface area contributed by atoms with Crippen LogP contribution < -0.4 is 5.32 Å². The predicted octanol–water partition coefficient (Wildman–Crippen LogP) is 4.41. The SMILES string of the molecule is CCCNC(c1ccc([N+](=O)[O-])o1)c1cc(Br)c(C)s1. The molecule has 2 heterocycles. The molecule has 1 N–H and O–H groups in total. The van der Waals surface area contributed by atoms with Crippen molar-refractivity contribution in [3.8, 4) is 0 Å². The summed E-state index contributed by atoms with van der Waals surface area (Å²) in [6.07, 6.45) is 0.977. The molecular weight excluding hydrogens is 344 g/mol. The first kappa shape index (κ1) is 15.2. The average molecular weight is 359 g/mol. The molecular formula is C13H15BrN2O3S. The highest BCUT2D eigenvalue weighted by atomic mass is 79.9. The van der Waals surface area contributed by atoms with Crippen LogP contribution in [0.4, 0.5) is 5.88 Å². The summed E-state index contributed by atoms with van der Waals surface area (Å²) in [7, 11) is 0. The van der Waals surface area contributed by atoms with Crippen LogP contribution in [0.15, 0.2) is 27.1 Å². The number of halogens is 1. The summed E-state index contributed by atoms with van der Waals surface area (Å²) < 4.78 is 6.38. The third kappa shape index (κ3) is 3.28. The number of thiophene rings is 1. The quantitative estimate of drug-likeness (QED) is 0.613. The van der Waals surface area contributed by atoms with Gasteiger partial charge < -0.3 is 9.73 Å². The molecule has 0 aromatic carbocycles. The lowest BCUT2D eigenvalue weighted by Crippen LogP contribution is -2.21. The first-order valence-corrected chi connectivity index (χ1v) is 7.87. The number of hydrogen-bond acceptors (Lipinski definition) is 5. The topological polar surface area (TPSA) is 68.3 Å². The lowest BCUT2D eigenvalue weighted by atomic mass is 10.2. The lowest BCUT2D eigenvalue weighted by molar-refractivity contribution is -0.402. The molecule has 5 nitrogen and oxygen atoms in total. The van der Waals surface area contributed by atoms with Crippen molar-refractivity contribution in [3.05, 3.63) is 48.3 Å². The Morgan fingerprint density at radius 2 is 2.30 bits per heavy atom. The molecule has 0 saturated carbocycles. The minimum Gasteiger partial charge on any atom is -0.404 e. The summed E-state index contributed by atoms with van der Waals surface area (Å²) in [6, 6.07) is 4.93. The second-order valence-corrected chi connectivity index (χ2v) is 6.52. The summed E-state index contributed by atoms with van der Waals surface area (Å²) in [6.45, 7) is 4.91. The Morgan fingerprint density at radius 1 is 1.55 bits per heavy atom. The van der Waals surface area contributed by atoms with E-state index in [1.165, 1.54) is 10.9 Å². The van der Waals surface area contributed by atoms with Crippen LogP contribution in [0.3, 0.4) is 0 Å². The second kappa shape index (κ2) is 6.51. The maximum Gasteiger partial charge on any atom is 0.433 e. The minimum absolute atomic E-state index is 0.154. The highest BCUT2D eigenvalue weighted by Gasteiger charge is 2.23. The Bertz CT molecular complexity index is 589. The van der Waals surface area contributed by atoms with Gasteiger partial charge in [0.15, 0.2) is 0 Å². The lowest BCUT2D eigenvalue weighted by Gasteiger charge is -2.14. The predicted molar refractivity (Wildman–Crippen MR) is 82.3 cm³/mol. The first-order chi connectivity index (χ1) is 9.52. The van der Waals surface area contributed by atoms with E-state index in [0.717, 1.165) is 22.3 Å². The molecule has 0 amide bonds. The van der Waals surface area contributed by atoms with Crippen LogP contribution in [0.2, 0.25) is 0 Å². The molecule has 0 aliphatic heterocycles. The third-order valence-corrected chi connectivity index (χ3v) is 5.04. The summed E-state index contributed by atoms with van der Waals surface area (Å²) in [5, 5.41) is 14.1. The van der Waals surface area contributed by atoms with Gasteiger partial charge in [0, 0.05) is 14.2 Å². The molecule has 20 heavy (non-hydrogen) atoms. The fraction of sp³-hybridized carbons (Fsp3) is 0.385. The average Bonchev–Trinajstić information content (AvgIpc) is 2.99. The van der Waals surface area contributed by atoms with Crippen molar-refractivity contribution in [2.75, 3.05) is 6.54 Å². The van der Waals surface area contributed by atoms with E-state index in [9.17, 15) is 10.1 Å². The molecule has 2 aromatic rings. The monoisotopic (exact) mass is 358 g/mol. The molecule has 0 aliphatic rings. The molecule has 0 fully saturated rings. The van der Waals surface area contributed by atoms with Crippen LogP contribution in [0.5, 0.6) is 0 Å². The van der Waals surface area contributed by atoms with E-state index in [4.69, 9.17) is 4.42 Å². The highest BCUT2D eigenvalue weighted by molar-refractivity contribution is 9.10. The van der Waals surface area contributed by atoms with Crippen molar-refractivity contribution < 1.29 is 9.34 Å². The number of hydrogen-bond donors (Lipinski definition) is 1. The Kier molecular flexibility index (Phi) is 4.95. The van der Waals surface area contributed by atoms with Gasteiger partial charge in [0.2, 0.25) is 0 Å². The van der Waals surface area contributed by atoms with E-state index in [0.29, 0.717) is 5.76 Å². The molecule has 0 bridgehead atoms. The molecule has 1 atom stereocenters. The summed E-state index contributed by atoms with van der Waals surface area (Å²) in [5.41, 5.74) is 0. The number of nitrogens with one attached hydrogen (secondary N) is 1. The van der Waals surface area contributed by atoms with Crippen molar-refractivity contribution in [2.24, 2.45) is 0 Å². The fourth-order valence-electron chi connectivity index (χ4n) is 1.85. The summed E-state index contributed by atoms with van der Waals surface area (Å²) in [4.78, 5) is 12.5. The van der Waals surface area contributed by atoms with Crippen molar-refractivity contribution in [3.63, 3.8) is 0 Å². The van der Waals surface area contributed by atoms with E-state index >= 15 is 0 Å². The van der Waals surface area contributed by atoms with Gasteiger partial charge in [-0.05, 0) is 48.0 Å². The van der Waals surface area contributed by atoms with Crippen LogP contribution in [0.1, 0.15) is 34.9 Å². The van der Waals surface area contributed by atoms with Gasteiger partial charge in [-0.15, -0.1) is 11.3 Å². The van der Waals surface area contributed by atoms with Crippen molar-refractivity contribution >= 4 is 33.2 Å². The normalized spacial score (nSPS) is 12.6. The molecule has 2 aromatic heterocycles.